The van der Waals surface area contributed by atoms with Gasteiger partial charge in [-0.3, -0.25) is 0 Å². The van der Waals surface area contributed by atoms with Crippen molar-refractivity contribution in [2.75, 3.05) is 25.6 Å². The molecular weight excluding hydrogens is 214 g/mol. The fourth-order valence-corrected chi connectivity index (χ4v) is 1.26. The first-order chi connectivity index (χ1) is 7.24. The quantitative estimate of drug-likeness (QED) is 0.603. The molecule has 0 saturated carbocycles. The molecule has 0 heterocycles. The molecule has 0 fully saturated rings. The smallest absolute Gasteiger partial charge is 0.140 e. The molecule has 84 valence electrons. The van der Waals surface area contributed by atoms with Crippen molar-refractivity contribution in [3.63, 3.8) is 0 Å². The van der Waals surface area contributed by atoms with E-state index in [4.69, 9.17) is 26.8 Å². The number of nitrogen functional groups attached to an aromatic ring is 1. The minimum absolute atomic E-state index is 0.489. The van der Waals surface area contributed by atoms with Gasteiger partial charge in [0.05, 0.1) is 11.6 Å². The van der Waals surface area contributed by atoms with Crippen LogP contribution >= 0.6 is 11.6 Å². The molecule has 15 heavy (non-hydrogen) atoms. The van der Waals surface area contributed by atoms with Gasteiger partial charge in [0.25, 0.3) is 0 Å². The highest BCUT2D eigenvalue weighted by molar-refractivity contribution is 6.32. The van der Waals surface area contributed by atoms with Gasteiger partial charge in [-0.2, -0.15) is 0 Å². The zero-order valence-electron chi connectivity index (χ0n) is 8.83. The molecule has 0 unspecified atom stereocenters. The second-order valence-corrected chi connectivity index (χ2v) is 3.56. The van der Waals surface area contributed by atoms with E-state index < -0.39 is 0 Å². The van der Waals surface area contributed by atoms with Crippen LogP contribution in [-0.4, -0.2) is 19.8 Å². The number of rotatable bonds is 6. The summed E-state index contributed by atoms with van der Waals surface area (Å²) >= 11 is 5.91. The van der Waals surface area contributed by atoms with E-state index in [0.717, 1.165) is 13.0 Å². The molecule has 0 amide bonds. The predicted octanol–water partition coefficient (Wildman–Crippen LogP) is 2.73. The maximum absolute atomic E-state index is 5.91. The van der Waals surface area contributed by atoms with Gasteiger partial charge >= 0.3 is 0 Å². The first-order valence-corrected chi connectivity index (χ1v) is 5.37. The zero-order valence-corrected chi connectivity index (χ0v) is 9.59. The molecule has 0 saturated heterocycles. The first-order valence-electron chi connectivity index (χ1n) is 4.99. The molecular formula is C11H16ClNO2. The Morgan fingerprint density at radius 1 is 1.27 bits per heavy atom. The summed E-state index contributed by atoms with van der Waals surface area (Å²) in [6.45, 7) is 3.88. The molecule has 2 N–H and O–H groups in total. The lowest BCUT2D eigenvalue weighted by molar-refractivity contribution is 0.101. The zero-order chi connectivity index (χ0) is 11.1. The highest BCUT2D eigenvalue weighted by Gasteiger charge is 2.01. The van der Waals surface area contributed by atoms with Gasteiger partial charge in [0.15, 0.2) is 0 Å². The Bertz CT molecular complexity index is 305. The van der Waals surface area contributed by atoms with Crippen molar-refractivity contribution in [3.05, 3.63) is 23.2 Å². The second-order valence-electron chi connectivity index (χ2n) is 3.15. The fourth-order valence-electron chi connectivity index (χ4n) is 1.09. The average Bonchev–Trinajstić information content (AvgIpc) is 2.23. The van der Waals surface area contributed by atoms with Crippen molar-refractivity contribution in [3.8, 4) is 5.75 Å². The van der Waals surface area contributed by atoms with Crippen molar-refractivity contribution in [1.82, 2.24) is 0 Å². The molecule has 0 aliphatic carbocycles. The molecule has 1 rings (SSSR count). The second kappa shape index (κ2) is 6.53. The summed E-state index contributed by atoms with van der Waals surface area (Å²) in [5.74, 6) is 0.608. The number of benzene rings is 1. The van der Waals surface area contributed by atoms with E-state index in [2.05, 4.69) is 6.92 Å². The van der Waals surface area contributed by atoms with Crippen molar-refractivity contribution >= 4 is 17.3 Å². The van der Waals surface area contributed by atoms with E-state index in [1.807, 2.05) is 0 Å². The summed E-state index contributed by atoms with van der Waals surface area (Å²) < 4.78 is 10.7. The van der Waals surface area contributed by atoms with Crippen LogP contribution in [0, 0.1) is 0 Å². The standard InChI is InChI=1S/C11H16ClNO2/c1-2-5-14-6-7-15-11-8-9(13)3-4-10(11)12/h3-4,8H,2,5-7,13H2,1H3. The van der Waals surface area contributed by atoms with Crippen molar-refractivity contribution in [1.29, 1.82) is 0 Å². The van der Waals surface area contributed by atoms with Gasteiger partial charge in [-0.15, -0.1) is 0 Å². The fraction of sp³-hybridized carbons (Fsp3) is 0.455. The lowest BCUT2D eigenvalue weighted by Crippen LogP contribution is -2.07. The highest BCUT2D eigenvalue weighted by atomic mass is 35.5. The Morgan fingerprint density at radius 2 is 2.07 bits per heavy atom. The monoisotopic (exact) mass is 229 g/mol. The summed E-state index contributed by atoms with van der Waals surface area (Å²) in [5, 5.41) is 0.569. The summed E-state index contributed by atoms with van der Waals surface area (Å²) in [4.78, 5) is 0. The third-order valence-electron chi connectivity index (χ3n) is 1.79. The molecule has 1 aromatic rings. The Labute approximate surface area is 95.1 Å². The number of hydrogen-bond donors (Lipinski definition) is 1. The van der Waals surface area contributed by atoms with E-state index >= 15 is 0 Å². The number of hydrogen-bond acceptors (Lipinski definition) is 3. The molecule has 0 radical (unpaired) electrons. The van der Waals surface area contributed by atoms with Crippen LogP contribution in [0.1, 0.15) is 13.3 Å². The van der Waals surface area contributed by atoms with Crippen LogP contribution in [0.4, 0.5) is 5.69 Å². The molecule has 0 aliphatic heterocycles. The molecule has 0 bridgehead atoms. The Hall–Kier alpha value is -0.930. The lowest BCUT2D eigenvalue weighted by Gasteiger charge is -2.08. The topological polar surface area (TPSA) is 44.5 Å². The predicted molar refractivity (Wildman–Crippen MR) is 62.5 cm³/mol. The molecule has 1 aromatic carbocycles. The van der Waals surface area contributed by atoms with Crippen molar-refractivity contribution in [2.24, 2.45) is 0 Å². The summed E-state index contributed by atoms with van der Waals surface area (Å²) in [5.41, 5.74) is 6.25. The van der Waals surface area contributed by atoms with Gasteiger partial charge in [-0.25, -0.2) is 0 Å². The summed E-state index contributed by atoms with van der Waals surface area (Å²) in [6, 6.07) is 5.17. The van der Waals surface area contributed by atoms with E-state index in [1.165, 1.54) is 0 Å². The van der Waals surface area contributed by atoms with E-state index in [0.29, 0.717) is 29.7 Å². The number of ether oxygens (including phenoxy) is 2. The molecule has 3 nitrogen and oxygen atoms in total. The van der Waals surface area contributed by atoms with Crippen LogP contribution in [0.5, 0.6) is 5.75 Å². The Morgan fingerprint density at radius 3 is 2.80 bits per heavy atom. The van der Waals surface area contributed by atoms with Gasteiger partial charge < -0.3 is 15.2 Å². The molecule has 0 atom stereocenters. The van der Waals surface area contributed by atoms with Gasteiger partial charge in [0, 0.05) is 18.4 Å². The number of halogens is 1. The SMILES string of the molecule is CCCOCCOc1cc(N)ccc1Cl. The van der Waals surface area contributed by atoms with Crippen LogP contribution in [0.15, 0.2) is 18.2 Å². The Balaban J connectivity index is 2.33. The van der Waals surface area contributed by atoms with Gasteiger partial charge in [0.1, 0.15) is 12.4 Å². The summed E-state index contributed by atoms with van der Waals surface area (Å²) in [6.07, 6.45) is 1.01. The molecule has 0 spiro atoms. The molecule has 4 heteroatoms. The number of nitrogens with two attached hydrogens (primary N) is 1. The maximum Gasteiger partial charge on any atom is 0.140 e. The molecule has 0 aliphatic rings. The number of anilines is 1. The summed E-state index contributed by atoms with van der Waals surface area (Å²) in [7, 11) is 0. The van der Waals surface area contributed by atoms with Crippen LogP contribution in [0.25, 0.3) is 0 Å². The minimum Gasteiger partial charge on any atom is -0.490 e. The maximum atomic E-state index is 5.91. The Kier molecular flexibility index (Phi) is 5.29. The lowest BCUT2D eigenvalue weighted by atomic mass is 10.3. The largest absolute Gasteiger partial charge is 0.490 e. The highest BCUT2D eigenvalue weighted by Crippen LogP contribution is 2.26. The van der Waals surface area contributed by atoms with E-state index in [-0.39, 0.29) is 0 Å². The normalized spacial score (nSPS) is 10.3. The van der Waals surface area contributed by atoms with Crippen molar-refractivity contribution < 1.29 is 9.47 Å². The van der Waals surface area contributed by atoms with Gasteiger partial charge in [0.2, 0.25) is 0 Å². The van der Waals surface area contributed by atoms with Crippen LogP contribution in [0.2, 0.25) is 5.02 Å². The molecule has 0 aromatic heterocycles. The van der Waals surface area contributed by atoms with Crippen LogP contribution < -0.4 is 10.5 Å². The van der Waals surface area contributed by atoms with Gasteiger partial charge in [-0.1, -0.05) is 18.5 Å². The van der Waals surface area contributed by atoms with Crippen LogP contribution in [0.3, 0.4) is 0 Å². The van der Waals surface area contributed by atoms with E-state index in [1.54, 1.807) is 18.2 Å². The first kappa shape index (κ1) is 12.1. The van der Waals surface area contributed by atoms with E-state index in [9.17, 15) is 0 Å². The van der Waals surface area contributed by atoms with Crippen LogP contribution in [-0.2, 0) is 4.74 Å². The van der Waals surface area contributed by atoms with Gasteiger partial charge in [-0.05, 0) is 18.6 Å². The third-order valence-corrected chi connectivity index (χ3v) is 2.10. The average molecular weight is 230 g/mol. The minimum atomic E-state index is 0.489. The van der Waals surface area contributed by atoms with Crippen molar-refractivity contribution in [2.45, 2.75) is 13.3 Å². The third kappa shape index (κ3) is 4.40.